The van der Waals surface area contributed by atoms with Gasteiger partial charge in [0.1, 0.15) is 6.10 Å². The monoisotopic (exact) mass is 576 g/mol. The summed E-state index contributed by atoms with van der Waals surface area (Å²) in [6, 6.07) is 0. The number of hydrogen-bond acceptors (Lipinski definition) is 16. The highest BCUT2D eigenvalue weighted by Gasteiger charge is 2.59. The standard InChI is InChI=1S/C24H32O16/c1-9(25)31-17-15-7-8-16(36-15)18(19(17)32-10(2)26)37-23-21(34-12(4)28)20(33-11(3)27)22(35-13(5)29)24(38-23)40-39-14(6)30/h15-24H,7-8H2,1-6H3/t15-,16+,17+,18-,19-,20-,21-,22-,23-,24-/m1/s1. The molecule has 0 aromatic carbocycles. The van der Waals surface area contributed by atoms with Crippen molar-refractivity contribution in [3.63, 3.8) is 0 Å². The number of rotatable bonds is 9. The summed E-state index contributed by atoms with van der Waals surface area (Å²) in [6.07, 6.45) is -12.0. The number of ether oxygens (including phenoxy) is 8. The van der Waals surface area contributed by atoms with Crippen molar-refractivity contribution in [2.75, 3.05) is 0 Å². The second-order valence-corrected chi connectivity index (χ2v) is 9.31. The van der Waals surface area contributed by atoms with Gasteiger partial charge in [-0.3, -0.25) is 28.9 Å². The minimum absolute atomic E-state index is 0.409. The van der Waals surface area contributed by atoms with E-state index in [1.54, 1.807) is 0 Å². The number of fused-ring (bicyclic) bond motifs is 2. The molecule has 3 aliphatic heterocycles. The van der Waals surface area contributed by atoms with Crippen LogP contribution >= 0.6 is 0 Å². The SMILES string of the molecule is CC(=O)OO[C@H]1O[C@@H](O[C@H]2[C@H](OC(C)=O)[C@@H](OC(C)=O)[C@H]3CC[C@@H]2O3)[C@H](OC(C)=O)[C@@H](OC(C)=O)[C@H]1OC(C)=O. The van der Waals surface area contributed by atoms with Crippen LogP contribution in [0.4, 0.5) is 0 Å². The van der Waals surface area contributed by atoms with Gasteiger partial charge in [-0.1, -0.05) is 0 Å². The van der Waals surface area contributed by atoms with E-state index in [0.717, 1.165) is 34.6 Å². The first-order valence-electron chi connectivity index (χ1n) is 12.4. The predicted molar refractivity (Wildman–Crippen MR) is 122 cm³/mol. The lowest BCUT2D eigenvalue weighted by Gasteiger charge is -2.46. The van der Waals surface area contributed by atoms with E-state index in [-0.39, 0.29) is 0 Å². The van der Waals surface area contributed by atoms with Crippen LogP contribution in [0, 0.1) is 0 Å². The summed E-state index contributed by atoms with van der Waals surface area (Å²) in [5.74, 6) is -4.84. The van der Waals surface area contributed by atoms with Crippen LogP contribution in [-0.4, -0.2) is 97.2 Å². The predicted octanol–water partition coefficient (Wildman–Crippen LogP) is -0.232. The van der Waals surface area contributed by atoms with E-state index in [2.05, 4.69) is 4.89 Å². The fourth-order valence-electron chi connectivity index (χ4n) is 4.80. The third-order valence-corrected chi connectivity index (χ3v) is 5.98. The molecule has 2 bridgehead atoms. The number of carbonyl (C=O) groups is 6. The maximum atomic E-state index is 12.1. The Hall–Kier alpha value is -3.34. The Kier molecular flexibility index (Phi) is 10.4. The van der Waals surface area contributed by atoms with E-state index < -0.39 is 97.2 Å². The summed E-state index contributed by atoms with van der Waals surface area (Å²) in [7, 11) is 0. The topological polar surface area (TPSA) is 195 Å². The van der Waals surface area contributed by atoms with Crippen molar-refractivity contribution >= 4 is 35.8 Å². The van der Waals surface area contributed by atoms with E-state index in [1.807, 2.05) is 0 Å². The van der Waals surface area contributed by atoms with Crippen molar-refractivity contribution in [3.8, 4) is 0 Å². The van der Waals surface area contributed by atoms with E-state index in [4.69, 9.17) is 42.8 Å². The second kappa shape index (κ2) is 13.3. The average Bonchev–Trinajstić information content (AvgIpc) is 3.26. The van der Waals surface area contributed by atoms with Gasteiger partial charge in [0.25, 0.3) is 0 Å². The first-order valence-corrected chi connectivity index (χ1v) is 12.4. The molecule has 3 fully saturated rings. The van der Waals surface area contributed by atoms with Crippen molar-refractivity contribution < 1.29 is 76.4 Å². The molecule has 10 atom stereocenters. The van der Waals surface area contributed by atoms with Gasteiger partial charge in [0.15, 0.2) is 30.5 Å². The van der Waals surface area contributed by atoms with Crippen LogP contribution in [0.3, 0.4) is 0 Å². The van der Waals surface area contributed by atoms with Gasteiger partial charge < -0.3 is 37.9 Å². The van der Waals surface area contributed by atoms with Crippen LogP contribution in [0.2, 0.25) is 0 Å². The lowest BCUT2D eigenvalue weighted by molar-refractivity contribution is -0.433. The molecule has 0 spiro atoms. The quantitative estimate of drug-likeness (QED) is 0.151. The van der Waals surface area contributed by atoms with Crippen molar-refractivity contribution in [2.45, 2.75) is 116 Å². The Morgan fingerprint density at radius 3 is 1.35 bits per heavy atom. The number of esters is 5. The molecule has 3 rings (SSSR count). The van der Waals surface area contributed by atoms with E-state index >= 15 is 0 Å². The zero-order valence-electron chi connectivity index (χ0n) is 22.7. The minimum atomic E-state index is -1.74. The van der Waals surface area contributed by atoms with Crippen LogP contribution in [0.5, 0.6) is 0 Å². The maximum absolute atomic E-state index is 12.1. The fraction of sp³-hybridized carbons (Fsp3) is 0.750. The molecule has 3 heterocycles. The highest BCUT2D eigenvalue weighted by molar-refractivity contribution is 5.69. The highest BCUT2D eigenvalue weighted by Crippen LogP contribution is 2.40. The van der Waals surface area contributed by atoms with Gasteiger partial charge >= 0.3 is 35.8 Å². The molecule has 0 unspecified atom stereocenters. The normalized spacial score (nSPS) is 34.6. The molecule has 3 saturated heterocycles. The lowest BCUT2D eigenvalue weighted by Crippen LogP contribution is -2.65. The third-order valence-electron chi connectivity index (χ3n) is 5.98. The average molecular weight is 577 g/mol. The first-order chi connectivity index (χ1) is 18.8. The molecule has 0 saturated carbocycles. The minimum Gasteiger partial charge on any atom is -0.456 e. The Labute approximate surface area is 228 Å². The first kappa shape index (κ1) is 31.2. The molecule has 0 amide bonds. The molecule has 40 heavy (non-hydrogen) atoms. The summed E-state index contributed by atoms with van der Waals surface area (Å²) in [5, 5.41) is 0. The zero-order valence-corrected chi connectivity index (χ0v) is 22.7. The number of hydrogen-bond donors (Lipinski definition) is 0. The van der Waals surface area contributed by atoms with Crippen molar-refractivity contribution in [1.82, 2.24) is 0 Å². The van der Waals surface area contributed by atoms with Gasteiger partial charge in [-0.05, 0) is 12.8 Å². The van der Waals surface area contributed by atoms with Crippen LogP contribution in [-0.2, 0) is 76.4 Å². The van der Waals surface area contributed by atoms with Gasteiger partial charge in [-0.2, -0.15) is 0 Å². The van der Waals surface area contributed by atoms with E-state index in [9.17, 15) is 28.8 Å². The van der Waals surface area contributed by atoms with Gasteiger partial charge in [0.05, 0.1) is 12.2 Å². The molecule has 0 N–H and O–H groups in total. The molecule has 224 valence electrons. The van der Waals surface area contributed by atoms with E-state index in [0.29, 0.717) is 12.8 Å². The molecular formula is C24H32O16. The molecule has 0 radical (unpaired) electrons. The van der Waals surface area contributed by atoms with Crippen LogP contribution < -0.4 is 0 Å². The van der Waals surface area contributed by atoms with Crippen LogP contribution in [0.1, 0.15) is 54.4 Å². The molecule has 0 aromatic heterocycles. The van der Waals surface area contributed by atoms with Gasteiger partial charge in [-0.25, -0.2) is 4.79 Å². The second-order valence-electron chi connectivity index (χ2n) is 9.31. The largest absolute Gasteiger partial charge is 0.456 e. The Morgan fingerprint density at radius 2 is 0.875 bits per heavy atom. The third kappa shape index (κ3) is 7.87. The smallest absolute Gasteiger partial charge is 0.339 e. The van der Waals surface area contributed by atoms with Crippen LogP contribution in [0.25, 0.3) is 0 Å². The molecule has 16 nitrogen and oxygen atoms in total. The Bertz CT molecular complexity index is 995. The van der Waals surface area contributed by atoms with Crippen LogP contribution in [0.15, 0.2) is 0 Å². The lowest BCUT2D eigenvalue weighted by atomic mass is 9.98. The van der Waals surface area contributed by atoms with Gasteiger partial charge in [0.2, 0.25) is 12.6 Å². The Balaban J connectivity index is 2.02. The maximum Gasteiger partial charge on any atom is 0.339 e. The van der Waals surface area contributed by atoms with Gasteiger partial charge in [-0.15, -0.1) is 4.89 Å². The molecule has 0 aromatic rings. The van der Waals surface area contributed by atoms with Crippen molar-refractivity contribution in [2.24, 2.45) is 0 Å². The molecule has 0 aliphatic carbocycles. The van der Waals surface area contributed by atoms with Crippen molar-refractivity contribution in [1.29, 1.82) is 0 Å². The molecule has 3 aliphatic rings. The summed E-state index contributed by atoms with van der Waals surface area (Å²) < 4.78 is 44.7. The highest BCUT2D eigenvalue weighted by atomic mass is 17.2. The Morgan fingerprint density at radius 1 is 0.475 bits per heavy atom. The zero-order chi connectivity index (χ0) is 29.7. The summed E-state index contributed by atoms with van der Waals surface area (Å²) >= 11 is 0. The summed E-state index contributed by atoms with van der Waals surface area (Å²) in [5.41, 5.74) is 0. The molecule has 16 heteroatoms. The van der Waals surface area contributed by atoms with Gasteiger partial charge in [0, 0.05) is 41.5 Å². The number of carbonyl (C=O) groups excluding carboxylic acids is 6. The fourth-order valence-corrected chi connectivity index (χ4v) is 4.80. The summed E-state index contributed by atoms with van der Waals surface area (Å²) in [4.78, 5) is 80.9. The van der Waals surface area contributed by atoms with E-state index in [1.165, 1.54) is 6.92 Å². The van der Waals surface area contributed by atoms with Crippen molar-refractivity contribution in [3.05, 3.63) is 0 Å². The molecular weight excluding hydrogens is 544 g/mol. The summed E-state index contributed by atoms with van der Waals surface area (Å²) in [6.45, 7) is 6.52.